The van der Waals surface area contributed by atoms with Crippen LogP contribution < -0.4 is 5.32 Å². The van der Waals surface area contributed by atoms with Gasteiger partial charge in [0, 0.05) is 31.4 Å². The van der Waals surface area contributed by atoms with Gasteiger partial charge in [-0.05, 0) is 19.4 Å². The highest BCUT2D eigenvalue weighted by atomic mass is 32.2. The number of hydrogen-bond donors (Lipinski definition) is 1. The van der Waals surface area contributed by atoms with E-state index in [0.717, 1.165) is 16.7 Å². The third-order valence-electron chi connectivity index (χ3n) is 4.62. The molecule has 26 heavy (non-hydrogen) atoms. The first-order valence-electron chi connectivity index (χ1n) is 8.71. The lowest BCUT2D eigenvalue weighted by atomic mass is 10.1. The van der Waals surface area contributed by atoms with E-state index in [1.807, 2.05) is 44.3 Å². The first-order valence-corrected chi connectivity index (χ1v) is 10.5. The van der Waals surface area contributed by atoms with E-state index in [9.17, 15) is 13.2 Å². The van der Waals surface area contributed by atoms with Gasteiger partial charge in [0.1, 0.15) is 0 Å². The van der Waals surface area contributed by atoms with Gasteiger partial charge in [-0.2, -0.15) is 5.10 Å². The van der Waals surface area contributed by atoms with Crippen molar-refractivity contribution in [2.75, 3.05) is 18.1 Å². The Morgan fingerprint density at radius 1 is 1.31 bits per heavy atom. The third kappa shape index (κ3) is 4.24. The maximum atomic E-state index is 12.7. The summed E-state index contributed by atoms with van der Waals surface area (Å²) in [5.74, 6) is -0.0796. The Labute approximate surface area is 153 Å². The van der Waals surface area contributed by atoms with Gasteiger partial charge in [-0.25, -0.2) is 13.2 Å². The number of nitrogens with one attached hydrogen (secondary N) is 1. The second-order valence-electron chi connectivity index (χ2n) is 6.60. The number of aromatic nitrogens is 2. The van der Waals surface area contributed by atoms with E-state index in [1.54, 1.807) is 15.8 Å². The number of nitrogens with zero attached hydrogens (tertiary/aromatic N) is 3. The largest absolute Gasteiger partial charge is 0.334 e. The Morgan fingerprint density at radius 3 is 2.69 bits per heavy atom. The Hall–Kier alpha value is -2.35. The Kier molecular flexibility index (Phi) is 5.31. The molecule has 1 aromatic heterocycles. The third-order valence-corrected chi connectivity index (χ3v) is 6.25. The fourth-order valence-corrected chi connectivity index (χ4v) is 4.53. The molecule has 0 radical (unpaired) electrons. The number of carbonyl (C=O) groups is 1. The van der Waals surface area contributed by atoms with Crippen molar-refractivity contribution in [3.05, 3.63) is 53.3 Å². The van der Waals surface area contributed by atoms with Gasteiger partial charge in [-0.3, -0.25) is 4.68 Å². The van der Waals surface area contributed by atoms with E-state index in [4.69, 9.17) is 0 Å². The number of rotatable bonds is 4. The van der Waals surface area contributed by atoms with Crippen LogP contribution in [0.4, 0.5) is 4.79 Å². The topological polar surface area (TPSA) is 84.3 Å². The number of urea groups is 1. The molecule has 1 atom stereocenters. The highest BCUT2D eigenvalue weighted by Crippen LogP contribution is 2.26. The number of hydrogen-bond acceptors (Lipinski definition) is 4. The first kappa shape index (κ1) is 18.4. The van der Waals surface area contributed by atoms with E-state index in [1.165, 1.54) is 0 Å². The van der Waals surface area contributed by atoms with Crippen LogP contribution in [0.15, 0.2) is 36.7 Å². The fraction of sp³-hybridized carbons (Fsp3) is 0.444. The quantitative estimate of drug-likeness (QED) is 0.883. The Bertz CT molecular complexity index is 874. The molecule has 3 rings (SSSR count). The molecular weight excluding hydrogens is 352 g/mol. The van der Waals surface area contributed by atoms with Gasteiger partial charge in [0.2, 0.25) is 0 Å². The molecule has 1 N–H and O–H groups in total. The molecule has 2 aromatic rings. The van der Waals surface area contributed by atoms with E-state index in [2.05, 4.69) is 10.4 Å². The SMILES string of the molecule is CCn1cc([C@@H]2CS(=O)(=O)CCN2C(=O)NCc2ccc(C)cc2)cn1. The minimum absolute atomic E-state index is 0.0105. The molecule has 8 heteroatoms. The van der Waals surface area contributed by atoms with Crippen LogP contribution in [0.2, 0.25) is 0 Å². The van der Waals surface area contributed by atoms with E-state index >= 15 is 0 Å². The zero-order chi connectivity index (χ0) is 18.7. The van der Waals surface area contributed by atoms with Crippen LogP contribution in [0.25, 0.3) is 0 Å². The van der Waals surface area contributed by atoms with Gasteiger partial charge in [-0.1, -0.05) is 29.8 Å². The molecule has 0 unspecified atom stereocenters. The summed E-state index contributed by atoms with van der Waals surface area (Å²) < 4.78 is 25.9. The molecular formula is C18H24N4O3S. The van der Waals surface area contributed by atoms with Gasteiger partial charge >= 0.3 is 6.03 Å². The molecule has 1 saturated heterocycles. The normalized spacial score (nSPS) is 19.3. The predicted octanol–water partition coefficient (Wildman–Crippen LogP) is 1.89. The molecule has 140 valence electrons. The lowest BCUT2D eigenvalue weighted by Gasteiger charge is -2.35. The smallest absolute Gasteiger partial charge is 0.318 e. The lowest BCUT2D eigenvalue weighted by molar-refractivity contribution is 0.180. The molecule has 1 aromatic carbocycles. The maximum Gasteiger partial charge on any atom is 0.318 e. The number of sulfone groups is 1. The Balaban J connectivity index is 1.74. The summed E-state index contributed by atoms with van der Waals surface area (Å²) in [7, 11) is -3.17. The standard InChI is InChI=1S/C18H24N4O3S/c1-3-21-12-16(11-20-21)17-13-26(24,25)9-8-22(17)18(23)19-10-15-6-4-14(2)5-7-15/h4-7,11-12,17H,3,8-10,13H2,1-2H3,(H,19,23)/t17-/m0/s1. The highest BCUT2D eigenvalue weighted by molar-refractivity contribution is 7.91. The van der Waals surface area contributed by atoms with Gasteiger partial charge in [-0.15, -0.1) is 0 Å². The summed E-state index contributed by atoms with van der Waals surface area (Å²) in [5.41, 5.74) is 2.92. The van der Waals surface area contributed by atoms with Crippen LogP contribution in [-0.2, 0) is 22.9 Å². The number of aryl methyl sites for hydroxylation is 2. The zero-order valence-electron chi connectivity index (χ0n) is 15.1. The molecule has 2 heterocycles. The molecule has 2 amide bonds. The summed E-state index contributed by atoms with van der Waals surface area (Å²) in [6.45, 7) is 5.25. The lowest BCUT2D eigenvalue weighted by Crippen LogP contribution is -2.49. The summed E-state index contributed by atoms with van der Waals surface area (Å²) in [6, 6.07) is 7.17. The monoisotopic (exact) mass is 376 g/mol. The van der Waals surface area contributed by atoms with Crippen molar-refractivity contribution in [1.82, 2.24) is 20.0 Å². The van der Waals surface area contributed by atoms with Crippen LogP contribution in [0.5, 0.6) is 0 Å². The Morgan fingerprint density at radius 2 is 2.04 bits per heavy atom. The van der Waals surface area contributed by atoms with Crippen molar-refractivity contribution in [2.24, 2.45) is 0 Å². The molecule has 0 aliphatic carbocycles. The summed E-state index contributed by atoms with van der Waals surface area (Å²) in [4.78, 5) is 14.3. The van der Waals surface area contributed by atoms with Crippen LogP contribution >= 0.6 is 0 Å². The van der Waals surface area contributed by atoms with E-state index < -0.39 is 15.9 Å². The summed E-state index contributed by atoms with van der Waals surface area (Å²) >= 11 is 0. The molecule has 0 spiro atoms. The average molecular weight is 376 g/mol. The van der Waals surface area contributed by atoms with Crippen molar-refractivity contribution in [3.8, 4) is 0 Å². The molecule has 1 fully saturated rings. The number of benzene rings is 1. The zero-order valence-corrected chi connectivity index (χ0v) is 15.9. The second-order valence-corrected chi connectivity index (χ2v) is 8.83. The predicted molar refractivity (Wildman–Crippen MR) is 99.4 cm³/mol. The van der Waals surface area contributed by atoms with Crippen LogP contribution in [0, 0.1) is 6.92 Å². The average Bonchev–Trinajstić information content (AvgIpc) is 3.09. The van der Waals surface area contributed by atoms with Crippen molar-refractivity contribution < 1.29 is 13.2 Å². The van der Waals surface area contributed by atoms with E-state index in [-0.39, 0.29) is 24.1 Å². The molecule has 0 bridgehead atoms. The highest BCUT2D eigenvalue weighted by Gasteiger charge is 2.35. The van der Waals surface area contributed by atoms with Crippen molar-refractivity contribution in [1.29, 1.82) is 0 Å². The maximum absolute atomic E-state index is 12.7. The van der Waals surface area contributed by atoms with Gasteiger partial charge in [0.25, 0.3) is 0 Å². The minimum atomic E-state index is -3.17. The molecule has 7 nitrogen and oxygen atoms in total. The molecule has 1 aliphatic heterocycles. The van der Waals surface area contributed by atoms with Gasteiger partial charge in [0.15, 0.2) is 9.84 Å². The van der Waals surface area contributed by atoms with E-state index in [0.29, 0.717) is 13.1 Å². The molecule has 0 saturated carbocycles. The summed E-state index contributed by atoms with van der Waals surface area (Å²) in [6.07, 6.45) is 3.46. The van der Waals surface area contributed by atoms with Gasteiger partial charge in [0.05, 0.1) is 23.7 Å². The van der Waals surface area contributed by atoms with Crippen molar-refractivity contribution in [2.45, 2.75) is 33.0 Å². The number of carbonyl (C=O) groups excluding carboxylic acids is 1. The fourth-order valence-electron chi connectivity index (χ4n) is 3.04. The second kappa shape index (κ2) is 7.49. The van der Waals surface area contributed by atoms with Gasteiger partial charge < -0.3 is 10.2 Å². The minimum Gasteiger partial charge on any atom is -0.334 e. The van der Waals surface area contributed by atoms with Crippen LogP contribution in [-0.4, -0.2) is 47.2 Å². The number of amides is 2. The van der Waals surface area contributed by atoms with Crippen molar-refractivity contribution in [3.63, 3.8) is 0 Å². The first-order chi connectivity index (χ1) is 12.4. The summed E-state index contributed by atoms with van der Waals surface area (Å²) in [5, 5.41) is 7.12. The molecule has 1 aliphatic rings. The van der Waals surface area contributed by atoms with Crippen LogP contribution in [0.3, 0.4) is 0 Å². The van der Waals surface area contributed by atoms with Crippen molar-refractivity contribution >= 4 is 15.9 Å². The van der Waals surface area contributed by atoms with Crippen LogP contribution in [0.1, 0.15) is 29.7 Å².